The van der Waals surface area contributed by atoms with Crippen LogP contribution in [0.15, 0.2) is 24.3 Å². The van der Waals surface area contributed by atoms with Crippen LogP contribution in [0.2, 0.25) is 0 Å². The number of piperazine rings is 1. The first-order chi connectivity index (χ1) is 8.21. The summed E-state index contributed by atoms with van der Waals surface area (Å²) in [7, 11) is 0. The van der Waals surface area contributed by atoms with Crippen LogP contribution in [0.25, 0.3) is 0 Å². The van der Waals surface area contributed by atoms with Gasteiger partial charge in [0.15, 0.2) is 0 Å². The van der Waals surface area contributed by atoms with Gasteiger partial charge < -0.3 is 10.2 Å². The number of hydrogen-bond donors (Lipinski definition) is 1. The average Bonchev–Trinajstić information content (AvgIpc) is 3.10. The van der Waals surface area contributed by atoms with E-state index in [1.807, 2.05) is 31.2 Å². The zero-order valence-corrected chi connectivity index (χ0v) is 11.4. The molecule has 1 aromatic carbocycles. The molecule has 3 nitrogen and oxygen atoms in total. The number of rotatable bonds is 1. The Morgan fingerprint density at radius 3 is 2.56 bits per heavy atom. The van der Waals surface area contributed by atoms with E-state index in [2.05, 4.69) is 10.2 Å². The standard InChI is InChI=1S/C14H18N2O.ClH/c1-11-2-4-12(5-3-11)13(17)16-9-8-15-10-14(16)6-7-14;/h2-5,15H,6-10H2,1H3;1H. The lowest BCUT2D eigenvalue weighted by Gasteiger charge is -2.36. The average molecular weight is 267 g/mol. The summed E-state index contributed by atoms with van der Waals surface area (Å²) < 4.78 is 0. The molecular formula is C14H19ClN2O. The maximum absolute atomic E-state index is 12.5. The van der Waals surface area contributed by atoms with Gasteiger partial charge in [0.1, 0.15) is 0 Å². The minimum absolute atomic E-state index is 0. The number of halogens is 1. The molecule has 3 rings (SSSR count). The van der Waals surface area contributed by atoms with Gasteiger partial charge in [-0.1, -0.05) is 17.7 Å². The summed E-state index contributed by atoms with van der Waals surface area (Å²) in [6.07, 6.45) is 2.30. The molecule has 1 amide bonds. The molecule has 1 aliphatic carbocycles. The van der Waals surface area contributed by atoms with E-state index in [1.165, 1.54) is 5.56 Å². The van der Waals surface area contributed by atoms with Crippen LogP contribution < -0.4 is 5.32 Å². The van der Waals surface area contributed by atoms with Crippen molar-refractivity contribution in [3.05, 3.63) is 35.4 Å². The molecule has 1 spiro atoms. The highest BCUT2D eigenvalue weighted by Crippen LogP contribution is 2.42. The van der Waals surface area contributed by atoms with Gasteiger partial charge in [-0.2, -0.15) is 0 Å². The Bertz CT molecular complexity index is 440. The second-order valence-corrected chi connectivity index (χ2v) is 5.22. The molecule has 2 aliphatic rings. The first-order valence-corrected chi connectivity index (χ1v) is 6.31. The second-order valence-electron chi connectivity index (χ2n) is 5.22. The van der Waals surface area contributed by atoms with Crippen molar-refractivity contribution >= 4 is 18.3 Å². The van der Waals surface area contributed by atoms with Crippen molar-refractivity contribution in [2.75, 3.05) is 19.6 Å². The minimum Gasteiger partial charge on any atom is -0.330 e. The minimum atomic E-state index is 0. The SMILES string of the molecule is Cc1ccc(C(=O)N2CCNCC23CC3)cc1.Cl. The molecule has 2 fully saturated rings. The van der Waals surface area contributed by atoms with Gasteiger partial charge in [0.25, 0.3) is 5.91 Å². The highest BCUT2D eigenvalue weighted by molar-refractivity contribution is 5.95. The van der Waals surface area contributed by atoms with Crippen LogP contribution in [0.1, 0.15) is 28.8 Å². The smallest absolute Gasteiger partial charge is 0.254 e. The zero-order valence-electron chi connectivity index (χ0n) is 10.6. The third-order valence-electron chi connectivity index (χ3n) is 3.91. The molecule has 1 aromatic rings. The molecule has 0 bridgehead atoms. The van der Waals surface area contributed by atoms with Gasteiger partial charge in [-0.15, -0.1) is 12.4 Å². The fourth-order valence-corrected chi connectivity index (χ4v) is 2.60. The Morgan fingerprint density at radius 2 is 1.94 bits per heavy atom. The van der Waals surface area contributed by atoms with E-state index >= 15 is 0 Å². The number of aryl methyl sites for hydroxylation is 1. The summed E-state index contributed by atoms with van der Waals surface area (Å²) in [5.74, 6) is 0.198. The van der Waals surface area contributed by atoms with Gasteiger partial charge >= 0.3 is 0 Å². The first kappa shape index (κ1) is 13.4. The van der Waals surface area contributed by atoms with Gasteiger partial charge in [0.2, 0.25) is 0 Å². The summed E-state index contributed by atoms with van der Waals surface area (Å²) in [4.78, 5) is 14.5. The molecule has 4 heteroatoms. The summed E-state index contributed by atoms with van der Waals surface area (Å²) in [5, 5.41) is 3.39. The van der Waals surface area contributed by atoms with Gasteiger partial charge in [0, 0.05) is 25.2 Å². The molecule has 98 valence electrons. The number of carbonyl (C=O) groups is 1. The van der Waals surface area contributed by atoms with E-state index in [0.717, 1.165) is 38.0 Å². The van der Waals surface area contributed by atoms with E-state index in [4.69, 9.17) is 0 Å². The highest BCUT2D eigenvalue weighted by atomic mass is 35.5. The van der Waals surface area contributed by atoms with Crippen molar-refractivity contribution in [1.82, 2.24) is 10.2 Å². The van der Waals surface area contributed by atoms with Crippen LogP contribution in [-0.4, -0.2) is 36.0 Å². The molecule has 1 N–H and O–H groups in total. The van der Waals surface area contributed by atoms with Crippen molar-refractivity contribution in [2.45, 2.75) is 25.3 Å². The number of nitrogens with one attached hydrogen (secondary N) is 1. The molecule has 0 unspecified atom stereocenters. The van der Waals surface area contributed by atoms with Crippen molar-refractivity contribution in [3.63, 3.8) is 0 Å². The van der Waals surface area contributed by atoms with Crippen LogP contribution in [-0.2, 0) is 0 Å². The van der Waals surface area contributed by atoms with Gasteiger partial charge in [-0.25, -0.2) is 0 Å². The maximum atomic E-state index is 12.5. The third kappa shape index (κ3) is 2.25. The molecule has 1 saturated heterocycles. The summed E-state index contributed by atoms with van der Waals surface area (Å²) in [5.41, 5.74) is 2.16. The monoisotopic (exact) mass is 266 g/mol. The second kappa shape index (κ2) is 4.90. The first-order valence-electron chi connectivity index (χ1n) is 6.31. The number of benzene rings is 1. The predicted octanol–water partition coefficient (Wildman–Crippen LogP) is 1.99. The lowest BCUT2D eigenvalue weighted by Crippen LogP contribution is -2.55. The molecule has 1 saturated carbocycles. The molecule has 0 aromatic heterocycles. The summed E-state index contributed by atoms with van der Waals surface area (Å²) in [6, 6.07) is 7.90. The van der Waals surface area contributed by atoms with Crippen molar-refractivity contribution < 1.29 is 4.79 Å². The van der Waals surface area contributed by atoms with Crippen LogP contribution >= 0.6 is 12.4 Å². The van der Waals surface area contributed by atoms with Gasteiger partial charge in [-0.05, 0) is 31.9 Å². The Kier molecular flexibility index (Phi) is 3.64. The molecule has 0 radical (unpaired) electrons. The maximum Gasteiger partial charge on any atom is 0.254 e. The van der Waals surface area contributed by atoms with E-state index in [1.54, 1.807) is 0 Å². The van der Waals surface area contributed by atoms with E-state index in [0.29, 0.717) is 0 Å². The number of hydrogen-bond acceptors (Lipinski definition) is 2. The summed E-state index contributed by atoms with van der Waals surface area (Å²) in [6.45, 7) is 4.76. The molecule has 1 heterocycles. The number of amides is 1. The third-order valence-corrected chi connectivity index (χ3v) is 3.91. The van der Waals surface area contributed by atoms with E-state index in [9.17, 15) is 4.79 Å². The van der Waals surface area contributed by atoms with Crippen LogP contribution in [0.3, 0.4) is 0 Å². The van der Waals surface area contributed by atoms with Crippen LogP contribution in [0.4, 0.5) is 0 Å². The zero-order chi connectivity index (χ0) is 11.9. The normalized spacial score (nSPS) is 20.4. The fraction of sp³-hybridized carbons (Fsp3) is 0.500. The Balaban J connectivity index is 0.00000120. The van der Waals surface area contributed by atoms with Crippen molar-refractivity contribution in [3.8, 4) is 0 Å². The predicted molar refractivity (Wildman–Crippen MR) is 74.3 cm³/mol. The quantitative estimate of drug-likeness (QED) is 0.843. The Hall–Kier alpha value is -1.06. The lowest BCUT2D eigenvalue weighted by molar-refractivity contribution is 0.0600. The Labute approximate surface area is 114 Å². The van der Waals surface area contributed by atoms with Crippen LogP contribution in [0.5, 0.6) is 0 Å². The molecular weight excluding hydrogens is 248 g/mol. The topological polar surface area (TPSA) is 32.3 Å². The highest BCUT2D eigenvalue weighted by Gasteiger charge is 2.51. The van der Waals surface area contributed by atoms with Gasteiger partial charge in [0.05, 0.1) is 5.54 Å². The van der Waals surface area contributed by atoms with E-state index < -0.39 is 0 Å². The lowest BCUT2D eigenvalue weighted by atomic mass is 10.1. The number of nitrogens with zero attached hydrogens (tertiary/aromatic N) is 1. The molecule has 1 aliphatic heterocycles. The summed E-state index contributed by atoms with van der Waals surface area (Å²) >= 11 is 0. The Morgan fingerprint density at radius 1 is 1.28 bits per heavy atom. The largest absolute Gasteiger partial charge is 0.330 e. The number of carbonyl (C=O) groups excluding carboxylic acids is 1. The van der Waals surface area contributed by atoms with Crippen LogP contribution in [0, 0.1) is 6.92 Å². The molecule has 0 atom stereocenters. The van der Waals surface area contributed by atoms with Gasteiger partial charge in [-0.3, -0.25) is 4.79 Å². The van der Waals surface area contributed by atoms with Crippen molar-refractivity contribution in [1.29, 1.82) is 0 Å². The van der Waals surface area contributed by atoms with E-state index in [-0.39, 0.29) is 23.9 Å². The van der Waals surface area contributed by atoms with Crippen molar-refractivity contribution in [2.24, 2.45) is 0 Å². The fourth-order valence-electron chi connectivity index (χ4n) is 2.60. The molecule has 18 heavy (non-hydrogen) atoms.